The molecule has 0 aromatic heterocycles. The largest absolute Gasteiger partial charge is 0.396 e. The van der Waals surface area contributed by atoms with Crippen LogP contribution >= 0.6 is 11.8 Å². The molecule has 1 heterocycles. The van der Waals surface area contributed by atoms with Gasteiger partial charge in [0.25, 0.3) is 0 Å². The van der Waals surface area contributed by atoms with Crippen molar-refractivity contribution >= 4 is 11.8 Å². The molecule has 0 amide bonds. The molecule has 2 N–H and O–H groups in total. The molecule has 3 heteroatoms. The topological polar surface area (TPSA) is 32.3 Å². The summed E-state index contributed by atoms with van der Waals surface area (Å²) in [6, 6.07) is 1.16. The number of thioether (sulfide) groups is 1. The van der Waals surface area contributed by atoms with Crippen molar-refractivity contribution in [2.24, 2.45) is 5.41 Å². The highest BCUT2D eigenvalue weighted by molar-refractivity contribution is 7.99. The van der Waals surface area contributed by atoms with Crippen LogP contribution < -0.4 is 5.32 Å². The van der Waals surface area contributed by atoms with E-state index in [2.05, 4.69) is 37.8 Å². The molecular weight excluding hydrogens is 206 g/mol. The first-order valence-electron chi connectivity index (χ1n) is 6.01. The van der Waals surface area contributed by atoms with Crippen molar-refractivity contribution < 1.29 is 5.11 Å². The standard InChI is InChI=1S/C12H25NOS/c1-10(5-4-7-14)13-11-9-15-8-6-12(11,2)3/h10-11,13-14H,4-9H2,1-3H3. The molecule has 0 aliphatic carbocycles. The van der Waals surface area contributed by atoms with E-state index in [4.69, 9.17) is 5.11 Å². The predicted octanol–water partition coefficient (Wildman–Crippen LogP) is 2.27. The van der Waals surface area contributed by atoms with Crippen LogP contribution in [0.15, 0.2) is 0 Å². The number of rotatable bonds is 5. The molecule has 0 spiro atoms. The zero-order valence-corrected chi connectivity index (χ0v) is 11.1. The van der Waals surface area contributed by atoms with Crippen molar-refractivity contribution in [1.82, 2.24) is 5.32 Å². The third-order valence-electron chi connectivity index (χ3n) is 3.40. The minimum atomic E-state index is 0.314. The number of nitrogens with one attached hydrogen (secondary N) is 1. The summed E-state index contributed by atoms with van der Waals surface area (Å²) in [5.41, 5.74) is 0.429. The third-order valence-corrected chi connectivity index (χ3v) is 4.46. The molecule has 2 atom stereocenters. The summed E-state index contributed by atoms with van der Waals surface area (Å²) in [6.07, 6.45) is 3.30. The summed E-state index contributed by atoms with van der Waals surface area (Å²) in [7, 11) is 0. The minimum absolute atomic E-state index is 0.314. The Kier molecular flexibility index (Phi) is 5.44. The van der Waals surface area contributed by atoms with Crippen molar-refractivity contribution in [3.05, 3.63) is 0 Å². The van der Waals surface area contributed by atoms with E-state index in [1.54, 1.807) is 0 Å². The molecule has 1 aliphatic heterocycles. The highest BCUT2D eigenvalue weighted by Crippen LogP contribution is 2.34. The lowest BCUT2D eigenvalue weighted by Gasteiger charge is -2.40. The van der Waals surface area contributed by atoms with Gasteiger partial charge in [-0.3, -0.25) is 0 Å². The molecule has 0 bridgehead atoms. The normalized spacial score (nSPS) is 27.6. The van der Waals surface area contributed by atoms with Gasteiger partial charge in [0.2, 0.25) is 0 Å². The molecule has 1 aliphatic rings. The van der Waals surface area contributed by atoms with E-state index in [-0.39, 0.29) is 0 Å². The van der Waals surface area contributed by atoms with E-state index in [0.29, 0.717) is 24.1 Å². The van der Waals surface area contributed by atoms with Crippen molar-refractivity contribution in [2.45, 2.75) is 52.1 Å². The van der Waals surface area contributed by atoms with E-state index in [0.717, 1.165) is 12.8 Å². The molecule has 0 aromatic rings. The van der Waals surface area contributed by atoms with Crippen LogP contribution in [-0.2, 0) is 0 Å². The molecule has 0 aromatic carbocycles. The lowest BCUT2D eigenvalue weighted by molar-refractivity contribution is 0.220. The van der Waals surface area contributed by atoms with Crippen LogP contribution in [0.4, 0.5) is 0 Å². The molecule has 2 nitrogen and oxygen atoms in total. The van der Waals surface area contributed by atoms with Gasteiger partial charge in [0.15, 0.2) is 0 Å². The van der Waals surface area contributed by atoms with Crippen LogP contribution in [0.1, 0.15) is 40.0 Å². The first-order chi connectivity index (χ1) is 7.06. The smallest absolute Gasteiger partial charge is 0.0431 e. The van der Waals surface area contributed by atoms with Crippen LogP contribution in [0.2, 0.25) is 0 Å². The Morgan fingerprint density at radius 2 is 2.27 bits per heavy atom. The number of hydrogen-bond acceptors (Lipinski definition) is 3. The van der Waals surface area contributed by atoms with Gasteiger partial charge >= 0.3 is 0 Å². The average Bonchev–Trinajstić information content (AvgIpc) is 2.18. The fraction of sp³-hybridized carbons (Fsp3) is 1.00. The second-order valence-corrected chi connectivity index (χ2v) is 6.45. The van der Waals surface area contributed by atoms with Crippen LogP contribution in [0.3, 0.4) is 0 Å². The highest BCUT2D eigenvalue weighted by Gasteiger charge is 2.32. The SMILES string of the molecule is CC(CCCO)NC1CSCCC1(C)C. The van der Waals surface area contributed by atoms with Crippen molar-refractivity contribution in [1.29, 1.82) is 0 Å². The summed E-state index contributed by atoms with van der Waals surface area (Å²) in [5.74, 6) is 2.53. The Morgan fingerprint density at radius 1 is 1.53 bits per heavy atom. The Balaban J connectivity index is 2.34. The molecule has 1 rings (SSSR count). The quantitative estimate of drug-likeness (QED) is 0.761. The molecule has 1 saturated heterocycles. The van der Waals surface area contributed by atoms with Crippen molar-refractivity contribution in [2.75, 3.05) is 18.1 Å². The molecule has 0 saturated carbocycles. The molecule has 90 valence electrons. The summed E-state index contributed by atoms with van der Waals surface area (Å²) in [4.78, 5) is 0. The fourth-order valence-electron chi connectivity index (χ4n) is 2.03. The van der Waals surface area contributed by atoms with Crippen molar-refractivity contribution in [3.8, 4) is 0 Å². The van der Waals surface area contributed by atoms with Crippen LogP contribution in [0, 0.1) is 5.41 Å². The first kappa shape index (κ1) is 13.3. The van der Waals surface area contributed by atoms with Gasteiger partial charge in [-0.1, -0.05) is 13.8 Å². The van der Waals surface area contributed by atoms with E-state index < -0.39 is 0 Å². The van der Waals surface area contributed by atoms with Crippen LogP contribution in [-0.4, -0.2) is 35.3 Å². The highest BCUT2D eigenvalue weighted by atomic mass is 32.2. The monoisotopic (exact) mass is 231 g/mol. The molecule has 0 radical (unpaired) electrons. The van der Waals surface area contributed by atoms with Crippen LogP contribution in [0.5, 0.6) is 0 Å². The Morgan fingerprint density at radius 3 is 2.87 bits per heavy atom. The summed E-state index contributed by atoms with van der Waals surface area (Å²) in [6.45, 7) is 7.27. The van der Waals surface area contributed by atoms with Gasteiger partial charge in [0, 0.05) is 24.4 Å². The minimum Gasteiger partial charge on any atom is -0.396 e. The Hall–Kier alpha value is 0.270. The summed E-state index contributed by atoms with van der Waals surface area (Å²) in [5, 5.41) is 12.5. The van der Waals surface area contributed by atoms with E-state index in [9.17, 15) is 0 Å². The maximum Gasteiger partial charge on any atom is 0.0431 e. The average molecular weight is 231 g/mol. The first-order valence-corrected chi connectivity index (χ1v) is 7.16. The third kappa shape index (κ3) is 4.33. The fourth-order valence-corrected chi connectivity index (χ4v) is 3.65. The Bertz CT molecular complexity index is 184. The number of aliphatic hydroxyl groups is 1. The second-order valence-electron chi connectivity index (χ2n) is 5.30. The lowest BCUT2D eigenvalue weighted by atomic mass is 9.82. The van der Waals surface area contributed by atoms with Crippen molar-refractivity contribution in [3.63, 3.8) is 0 Å². The molecule has 2 unspecified atom stereocenters. The molecule has 15 heavy (non-hydrogen) atoms. The zero-order valence-electron chi connectivity index (χ0n) is 10.3. The maximum absolute atomic E-state index is 8.79. The van der Waals surface area contributed by atoms with Gasteiger partial charge in [-0.2, -0.15) is 11.8 Å². The Labute approximate surface area is 98.2 Å². The summed E-state index contributed by atoms with van der Waals surface area (Å²) >= 11 is 2.06. The predicted molar refractivity (Wildman–Crippen MR) is 68.4 cm³/mol. The summed E-state index contributed by atoms with van der Waals surface area (Å²) < 4.78 is 0. The molecular formula is C12H25NOS. The maximum atomic E-state index is 8.79. The van der Waals surface area contributed by atoms with Gasteiger partial charge < -0.3 is 10.4 Å². The van der Waals surface area contributed by atoms with Crippen LogP contribution in [0.25, 0.3) is 0 Å². The van der Waals surface area contributed by atoms with Gasteiger partial charge in [0.05, 0.1) is 0 Å². The number of hydrogen-bond donors (Lipinski definition) is 2. The van der Waals surface area contributed by atoms with Gasteiger partial charge in [0.1, 0.15) is 0 Å². The second kappa shape index (κ2) is 6.12. The molecule has 1 fully saturated rings. The van der Waals surface area contributed by atoms with E-state index in [1.807, 2.05) is 0 Å². The zero-order chi connectivity index (χ0) is 11.3. The van der Waals surface area contributed by atoms with Gasteiger partial charge in [-0.25, -0.2) is 0 Å². The van der Waals surface area contributed by atoms with Gasteiger partial charge in [-0.05, 0) is 37.4 Å². The van der Waals surface area contributed by atoms with E-state index in [1.165, 1.54) is 17.9 Å². The van der Waals surface area contributed by atoms with E-state index >= 15 is 0 Å². The number of aliphatic hydroxyl groups excluding tert-OH is 1. The van der Waals surface area contributed by atoms with Gasteiger partial charge in [-0.15, -0.1) is 0 Å². The lowest BCUT2D eigenvalue weighted by Crippen LogP contribution is -2.49.